The van der Waals surface area contributed by atoms with E-state index in [1.54, 1.807) is 0 Å². The van der Waals surface area contributed by atoms with Gasteiger partial charge in [-0.3, -0.25) is 9.69 Å². The van der Waals surface area contributed by atoms with Crippen LogP contribution in [0.3, 0.4) is 0 Å². The molecular formula is C19H21ClN2O3. The molecular weight excluding hydrogens is 340 g/mol. The quantitative estimate of drug-likeness (QED) is 0.859. The van der Waals surface area contributed by atoms with E-state index >= 15 is 0 Å². The first kappa shape index (κ1) is 17.6. The lowest BCUT2D eigenvalue weighted by molar-refractivity contribution is -0.125. The Morgan fingerprint density at radius 2 is 2.00 bits per heavy atom. The van der Waals surface area contributed by atoms with Gasteiger partial charge in [0.1, 0.15) is 0 Å². The van der Waals surface area contributed by atoms with Gasteiger partial charge < -0.3 is 14.8 Å². The minimum atomic E-state index is -0.273. The van der Waals surface area contributed by atoms with Crippen molar-refractivity contribution >= 4 is 17.5 Å². The molecule has 0 saturated heterocycles. The van der Waals surface area contributed by atoms with Crippen LogP contribution < -0.4 is 14.8 Å². The number of nitrogens with zero attached hydrogens (tertiary/aromatic N) is 1. The Balaban J connectivity index is 1.54. The molecule has 0 radical (unpaired) electrons. The van der Waals surface area contributed by atoms with Gasteiger partial charge in [-0.25, -0.2) is 0 Å². The number of fused-ring (bicyclic) bond motifs is 1. The molecule has 0 fully saturated rings. The monoisotopic (exact) mass is 360 g/mol. The molecule has 2 aromatic rings. The van der Waals surface area contributed by atoms with Crippen molar-refractivity contribution in [2.45, 2.75) is 26.1 Å². The number of nitrogens with one attached hydrogen (secondary N) is 1. The van der Waals surface area contributed by atoms with Crippen LogP contribution in [0.5, 0.6) is 11.5 Å². The van der Waals surface area contributed by atoms with Gasteiger partial charge in [0.15, 0.2) is 11.5 Å². The summed E-state index contributed by atoms with van der Waals surface area (Å²) >= 11 is 6.19. The van der Waals surface area contributed by atoms with Crippen LogP contribution in [0, 0.1) is 0 Å². The topological polar surface area (TPSA) is 50.8 Å². The number of halogens is 1. The van der Waals surface area contributed by atoms with E-state index in [0.29, 0.717) is 18.1 Å². The Morgan fingerprint density at radius 3 is 2.80 bits per heavy atom. The van der Waals surface area contributed by atoms with E-state index in [9.17, 15) is 4.79 Å². The van der Waals surface area contributed by atoms with Crippen LogP contribution in [0.2, 0.25) is 5.02 Å². The van der Waals surface area contributed by atoms with Crippen molar-refractivity contribution in [3.63, 3.8) is 0 Å². The predicted molar refractivity (Wildman–Crippen MR) is 96.8 cm³/mol. The summed E-state index contributed by atoms with van der Waals surface area (Å²) < 4.78 is 10.6. The molecule has 1 aliphatic rings. The Kier molecular flexibility index (Phi) is 5.46. The van der Waals surface area contributed by atoms with Crippen molar-refractivity contribution in [2.24, 2.45) is 0 Å². The molecule has 1 amide bonds. The average Bonchev–Trinajstić information content (AvgIpc) is 3.08. The lowest BCUT2D eigenvalue weighted by Gasteiger charge is -2.24. The van der Waals surface area contributed by atoms with Gasteiger partial charge in [-0.15, -0.1) is 0 Å². The highest BCUT2D eigenvalue weighted by atomic mass is 35.5. The molecule has 25 heavy (non-hydrogen) atoms. The molecule has 0 saturated carbocycles. The van der Waals surface area contributed by atoms with Crippen molar-refractivity contribution < 1.29 is 14.3 Å². The Morgan fingerprint density at radius 1 is 1.24 bits per heavy atom. The van der Waals surface area contributed by atoms with E-state index in [2.05, 4.69) is 5.32 Å². The van der Waals surface area contributed by atoms with Crippen molar-refractivity contribution in [2.75, 3.05) is 13.8 Å². The minimum Gasteiger partial charge on any atom is -0.454 e. The highest BCUT2D eigenvalue weighted by Gasteiger charge is 2.19. The summed E-state index contributed by atoms with van der Waals surface area (Å²) in [4.78, 5) is 14.4. The van der Waals surface area contributed by atoms with Crippen LogP contribution in [-0.4, -0.2) is 30.7 Å². The summed E-state index contributed by atoms with van der Waals surface area (Å²) in [6.45, 7) is 3.18. The molecule has 3 rings (SSSR count). The van der Waals surface area contributed by atoms with Gasteiger partial charge in [-0.1, -0.05) is 35.9 Å². The predicted octanol–water partition coefficient (Wildman–Crippen LogP) is 3.21. The first-order valence-corrected chi connectivity index (χ1v) is 8.52. The molecule has 6 heteroatoms. The highest BCUT2D eigenvalue weighted by molar-refractivity contribution is 6.31. The Labute approximate surface area is 152 Å². The van der Waals surface area contributed by atoms with E-state index < -0.39 is 0 Å². The fourth-order valence-electron chi connectivity index (χ4n) is 2.62. The van der Waals surface area contributed by atoms with Gasteiger partial charge in [0.2, 0.25) is 12.7 Å². The summed E-state index contributed by atoms with van der Waals surface area (Å²) in [6, 6.07) is 13.1. The number of rotatable bonds is 6. The maximum absolute atomic E-state index is 12.4. The van der Waals surface area contributed by atoms with E-state index in [0.717, 1.165) is 22.6 Å². The summed E-state index contributed by atoms with van der Waals surface area (Å²) in [7, 11) is 1.91. The molecule has 1 heterocycles. The van der Waals surface area contributed by atoms with Gasteiger partial charge in [0, 0.05) is 18.1 Å². The van der Waals surface area contributed by atoms with Crippen LogP contribution in [-0.2, 0) is 17.9 Å². The molecule has 1 atom stereocenters. The normalized spacial score (nSPS) is 13.8. The third-order valence-corrected chi connectivity index (χ3v) is 4.69. The maximum atomic E-state index is 12.4. The zero-order chi connectivity index (χ0) is 17.8. The molecule has 1 N–H and O–H groups in total. The Bertz CT molecular complexity index is 766. The third-order valence-electron chi connectivity index (χ3n) is 4.32. The molecule has 0 aliphatic carbocycles. The standard InChI is InChI=1S/C19H21ClN2O3/c1-13(22(2)11-15-5-3-4-6-16(15)20)19(23)21-10-14-7-8-17-18(9-14)25-12-24-17/h3-9,13H,10-12H2,1-2H3,(H,21,23). The molecule has 0 spiro atoms. The number of benzene rings is 2. The molecule has 0 aromatic heterocycles. The maximum Gasteiger partial charge on any atom is 0.237 e. The lowest BCUT2D eigenvalue weighted by atomic mass is 10.1. The molecule has 2 aromatic carbocycles. The Hall–Kier alpha value is -2.24. The lowest BCUT2D eigenvalue weighted by Crippen LogP contribution is -2.42. The summed E-state index contributed by atoms with van der Waals surface area (Å²) in [5.74, 6) is 1.42. The second kappa shape index (κ2) is 7.76. The summed E-state index contributed by atoms with van der Waals surface area (Å²) in [5, 5.41) is 3.67. The fraction of sp³-hybridized carbons (Fsp3) is 0.316. The first-order valence-electron chi connectivity index (χ1n) is 8.14. The number of likely N-dealkylation sites (N-methyl/N-ethyl adjacent to an activating group) is 1. The largest absolute Gasteiger partial charge is 0.454 e. The van der Waals surface area contributed by atoms with Gasteiger partial charge in [0.25, 0.3) is 0 Å². The minimum absolute atomic E-state index is 0.0350. The van der Waals surface area contributed by atoms with Gasteiger partial charge in [0.05, 0.1) is 6.04 Å². The number of ether oxygens (including phenoxy) is 2. The zero-order valence-electron chi connectivity index (χ0n) is 14.3. The second-order valence-corrected chi connectivity index (χ2v) is 6.50. The van der Waals surface area contributed by atoms with Gasteiger partial charge >= 0.3 is 0 Å². The highest BCUT2D eigenvalue weighted by Crippen LogP contribution is 2.32. The molecule has 132 valence electrons. The van der Waals surface area contributed by atoms with E-state index in [-0.39, 0.29) is 18.7 Å². The van der Waals surface area contributed by atoms with Crippen LogP contribution in [0.4, 0.5) is 0 Å². The van der Waals surface area contributed by atoms with Crippen LogP contribution >= 0.6 is 11.6 Å². The van der Waals surface area contributed by atoms with Gasteiger partial charge in [-0.05, 0) is 43.3 Å². The SMILES string of the molecule is CC(C(=O)NCc1ccc2c(c1)OCO2)N(C)Cc1ccccc1Cl. The van der Waals surface area contributed by atoms with Crippen LogP contribution in [0.25, 0.3) is 0 Å². The van der Waals surface area contributed by atoms with Crippen molar-refractivity contribution in [3.8, 4) is 11.5 Å². The number of carbonyl (C=O) groups is 1. The van der Waals surface area contributed by atoms with Crippen LogP contribution in [0.1, 0.15) is 18.1 Å². The average molecular weight is 361 g/mol. The van der Waals surface area contributed by atoms with Crippen LogP contribution in [0.15, 0.2) is 42.5 Å². The van der Waals surface area contributed by atoms with E-state index in [1.165, 1.54) is 0 Å². The van der Waals surface area contributed by atoms with Gasteiger partial charge in [-0.2, -0.15) is 0 Å². The zero-order valence-corrected chi connectivity index (χ0v) is 15.0. The number of hydrogen-bond donors (Lipinski definition) is 1. The van der Waals surface area contributed by atoms with Crippen molar-refractivity contribution in [1.29, 1.82) is 0 Å². The number of hydrogen-bond acceptors (Lipinski definition) is 4. The second-order valence-electron chi connectivity index (χ2n) is 6.09. The van der Waals surface area contributed by atoms with E-state index in [4.69, 9.17) is 21.1 Å². The van der Waals surface area contributed by atoms with Crippen molar-refractivity contribution in [1.82, 2.24) is 10.2 Å². The smallest absolute Gasteiger partial charge is 0.237 e. The first-order chi connectivity index (χ1) is 12.0. The summed E-state index contributed by atoms with van der Waals surface area (Å²) in [5.41, 5.74) is 1.97. The fourth-order valence-corrected chi connectivity index (χ4v) is 2.82. The number of carbonyl (C=O) groups excluding carboxylic acids is 1. The molecule has 5 nitrogen and oxygen atoms in total. The third kappa shape index (κ3) is 4.24. The van der Waals surface area contributed by atoms with Crippen molar-refractivity contribution in [3.05, 3.63) is 58.6 Å². The number of amides is 1. The molecule has 1 aliphatic heterocycles. The molecule has 0 bridgehead atoms. The molecule has 1 unspecified atom stereocenters. The van der Waals surface area contributed by atoms with E-state index in [1.807, 2.05) is 61.3 Å². The summed E-state index contributed by atoms with van der Waals surface area (Å²) in [6.07, 6.45) is 0.